The van der Waals surface area contributed by atoms with Crippen molar-refractivity contribution in [3.8, 4) is 0 Å². The number of nitrogens with one attached hydrogen (secondary N) is 1. The first-order valence-electron chi connectivity index (χ1n) is 17.3. The Labute approximate surface area is 316 Å². The number of benzene rings is 2. The van der Waals surface area contributed by atoms with Gasteiger partial charge in [0, 0.05) is 38.6 Å². The molecule has 2 aliphatic heterocycles. The predicted octanol–water partition coefficient (Wildman–Crippen LogP) is 11.6. The van der Waals surface area contributed by atoms with Gasteiger partial charge in [-0.15, -0.1) is 24.5 Å². The molecule has 2 fully saturated rings. The molecule has 0 saturated carbocycles. The first kappa shape index (κ1) is 41.0. The number of rotatable bonds is 10. The van der Waals surface area contributed by atoms with Gasteiger partial charge < -0.3 is 20.1 Å². The predicted molar refractivity (Wildman–Crippen MR) is 202 cm³/mol. The number of hydrogen-bond acceptors (Lipinski definition) is 2. The Hall–Kier alpha value is -2.15. The molecule has 1 aromatic heterocycles. The van der Waals surface area contributed by atoms with Gasteiger partial charge in [-0.2, -0.15) is 0 Å². The van der Waals surface area contributed by atoms with Crippen LogP contribution in [0.2, 0.25) is 0 Å². The molecule has 0 aliphatic carbocycles. The minimum absolute atomic E-state index is 0. The van der Waals surface area contributed by atoms with Gasteiger partial charge in [-0.05, 0) is 55.4 Å². The van der Waals surface area contributed by atoms with Gasteiger partial charge in [0.05, 0.1) is 0 Å². The van der Waals surface area contributed by atoms with E-state index in [2.05, 4.69) is 110 Å². The van der Waals surface area contributed by atoms with Crippen molar-refractivity contribution in [3.05, 3.63) is 112 Å². The molecule has 250 valence electrons. The first-order chi connectivity index (χ1) is 22.0. The number of aromatic nitrogens is 1. The molecular formula is C41H58CaN3O2+. The van der Waals surface area contributed by atoms with Crippen LogP contribution >= 0.6 is 0 Å². The standard InChI is InChI=1S/C33H41N3.2C4H8O.Ca/c1-20(2)26-14-11-15-27(21(3)4)32(26)34-24(9)30-18-13-19-31(36-30)25(10)35-33-28(22(5)6)16-12-17-29(33)23(7)8;2*1-2-4-5-3-1;/h11-23H,9-10H2,1-8H3;2*1-4H2;/q-2;;;+2/p+1. The number of aromatic amines is 1. The zero-order valence-electron chi connectivity index (χ0n) is 30.5. The SMILES string of the molecule is C1CCOC1.C1CCOC1.C=C([N-]c1c(C(C)C)cccc1C(C)C)c1cccc(C(=C)[N-]c2c(C(C)C)cccc2C(C)C)[nH+]1.[Ca+2]. The maximum absolute atomic E-state index is 5.04. The Balaban J connectivity index is 0.000000591. The first-order valence-corrected chi connectivity index (χ1v) is 17.3. The second kappa shape index (κ2) is 21.0. The average molecular weight is 665 g/mol. The minimum atomic E-state index is 0. The van der Waals surface area contributed by atoms with Crippen LogP contribution in [0.3, 0.4) is 0 Å². The Morgan fingerprint density at radius 1 is 0.532 bits per heavy atom. The van der Waals surface area contributed by atoms with Crippen molar-refractivity contribution >= 4 is 60.5 Å². The fraction of sp³-hybridized carbons (Fsp3) is 0.488. The maximum atomic E-state index is 5.04. The van der Waals surface area contributed by atoms with Crippen LogP contribution in [0, 0.1) is 0 Å². The summed E-state index contributed by atoms with van der Waals surface area (Å²) < 4.78 is 9.89. The van der Waals surface area contributed by atoms with E-state index in [0.717, 1.165) is 49.2 Å². The molecule has 0 spiro atoms. The van der Waals surface area contributed by atoms with E-state index in [0.29, 0.717) is 35.1 Å². The number of pyridine rings is 1. The Kier molecular flexibility index (Phi) is 18.4. The van der Waals surface area contributed by atoms with Gasteiger partial charge in [-0.1, -0.05) is 125 Å². The van der Waals surface area contributed by atoms with E-state index < -0.39 is 0 Å². The van der Waals surface area contributed by atoms with Gasteiger partial charge in [0.1, 0.15) is 0 Å². The van der Waals surface area contributed by atoms with Crippen LogP contribution in [-0.4, -0.2) is 64.2 Å². The molecule has 47 heavy (non-hydrogen) atoms. The summed E-state index contributed by atoms with van der Waals surface area (Å²) in [5, 5.41) is 10.1. The van der Waals surface area contributed by atoms with E-state index in [1.165, 1.54) is 47.9 Å². The van der Waals surface area contributed by atoms with Crippen LogP contribution in [0.4, 0.5) is 11.4 Å². The minimum Gasteiger partial charge on any atom is -0.653 e. The second-order valence-corrected chi connectivity index (χ2v) is 13.4. The van der Waals surface area contributed by atoms with Gasteiger partial charge in [0.2, 0.25) is 0 Å². The van der Waals surface area contributed by atoms with E-state index in [4.69, 9.17) is 20.1 Å². The van der Waals surface area contributed by atoms with E-state index >= 15 is 0 Å². The molecule has 5 nitrogen and oxygen atoms in total. The van der Waals surface area contributed by atoms with E-state index in [1.807, 2.05) is 18.2 Å². The van der Waals surface area contributed by atoms with Gasteiger partial charge >= 0.3 is 37.7 Å². The van der Waals surface area contributed by atoms with Gasteiger partial charge in [-0.25, -0.2) is 4.98 Å². The molecule has 2 aliphatic rings. The molecule has 5 rings (SSSR count). The van der Waals surface area contributed by atoms with Crippen molar-refractivity contribution in [2.45, 2.75) is 105 Å². The zero-order chi connectivity index (χ0) is 33.6. The zero-order valence-corrected chi connectivity index (χ0v) is 32.7. The molecule has 2 aromatic carbocycles. The second-order valence-electron chi connectivity index (χ2n) is 13.4. The molecule has 6 heteroatoms. The van der Waals surface area contributed by atoms with E-state index in [-0.39, 0.29) is 37.7 Å². The molecule has 3 heterocycles. The van der Waals surface area contributed by atoms with Crippen LogP contribution in [0.1, 0.15) is 138 Å². The van der Waals surface area contributed by atoms with Crippen molar-refractivity contribution in [1.82, 2.24) is 0 Å². The third-order valence-corrected chi connectivity index (χ3v) is 8.25. The van der Waals surface area contributed by atoms with Crippen molar-refractivity contribution in [2.75, 3.05) is 26.4 Å². The molecular weight excluding hydrogens is 607 g/mol. The van der Waals surface area contributed by atoms with Crippen LogP contribution in [0.5, 0.6) is 0 Å². The number of hydrogen-bond donors (Lipinski definition) is 0. The van der Waals surface area contributed by atoms with E-state index in [1.54, 1.807) is 0 Å². The fourth-order valence-corrected chi connectivity index (χ4v) is 5.50. The summed E-state index contributed by atoms with van der Waals surface area (Å²) in [5.74, 6) is 1.50. The largest absolute Gasteiger partial charge is 2.00 e. The molecule has 3 aromatic rings. The van der Waals surface area contributed by atoms with Gasteiger partial charge in [0.25, 0.3) is 0 Å². The Bertz CT molecular complexity index is 1240. The number of para-hydroxylation sites is 2. The maximum Gasteiger partial charge on any atom is 2.00 e. The summed E-state index contributed by atoms with van der Waals surface area (Å²) in [4.78, 5) is 3.49. The smallest absolute Gasteiger partial charge is 0.653 e. The van der Waals surface area contributed by atoms with Crippen molar-refractivity contribution < 1.29 is 14.5 Å². The monoisotopic (exact) mass is 664 g/mol. The Morgan fingerprint density at radius 3 is 1.04 bits per heavy atom. The molecule has 0 radical (unpaired) electrons. The summed E-state index contributed by atoms with van der Waals surface area (Å²) in [6.07, 6.45) is 5.11. The topological polar surface area (TPSA) is 60.8 Å². The summed E-state index contributed by atoms with van der Waals surface area (Å²) in [6.45, 7) is 30.3. The third-order valence-electron chi connectivity index (χ3n) is 8.25. The summed E-state index contributed by atoms with van der Waals surface area (Å²) in [7, 11) is 0. The third kappa shape index (κ3) is 12.7. The van der Waals surface area contributed by atoms with Crippen molar-refractivity contribution in [2.24, 2.45) is 0 Å². The van der Waals surface area contributed by atoms with Crippen LogP contribution in [-0.2, 0) is 9.47 Å². The van der Waals surface area contributed by atoms with Crippen LogP contribution in [0.25, 0.3) is 22.0 Å². The average Bonchev–Trinajstić information content (AvgIpc) is 3.81. The van der Waals surface area contributed by atoms with Crippen LogP contribution < -0.4 is 4.98 Å². The van der Waals surface area contributed by atoms with Gasteiger partial charge in [0.15, 0.2) is 11.4 Å². The normalized spacial score (nSPS) is 13.9. The molecule has 0 bridgehead atoms. The van der Waals surface area contributed by atoms with Crippen LogP contribution in [0.15, 0.2) is 67.8 Å². The number of H-pyrrole nitrogens is 1. The fourth-order valence-electron chi connectivity index (χ4n) is 5.50. The quantitative estimate of drug-likeness (QED) is 0.203. The molecule has 1 N–H and O–H groups in total. The summed E-state index contributed by atoms with van der Waals surface area (Å²) in [6, 6.07) is 19.0. The number of nitrogens with zero attached hydrogens (tertiary/aromatic N) is 2. The number of ether oxygens (including phenoxy) is 2. The molecule has 0 unspecified atom stereocenters. The summed E-state index contributed by atoms with van der Waals surface area (Å²) in [5.41, 5.74) is 10.1. The van der Waals surface area contributed by atoms with Crippen molar-refractivity contribution in [3.63, 3.8) is 0 Å². The van der Waals surface area contributed by atoms with Crippen molar-refractivity contribution in [1.29, 1.82) is 0 Å². The molecule has 0 atom stereocenters. The van der Waals surface area contributed by atoms with Gasteiger partial charge in [-0.3, -0.25) is 0 Å². The van der Waals surface area contributed by atoms with E-state index in [9.17, 15) is 0 Å². The summed E-state index contributed by atoms with van der Waals surface area (Å²) >= 11 is 0. The molecule has 2 saturated heterocycles. The molecule has 0 amide bonds. The Morgan fingerprint density at radius 2 is 0.809 bits per heavy atom.